The summed E-state index contributed by atoms with van der Waals surface area (Å²) in [6.07, 6.45) is 1.66. The van der Waals surface area contributed by atoms with Crippen LogP contribution in [0.2, 0.25) is 10.0 Å². The van der Waals surface area contributed by atoms with Gasteiger partial charge in [0.1, 0.15) is 0 Å². The Hall–Kier alpha value is -1.06. The third kappa shape index (κ3) is 3.24. The summed E-state index contributed by atoms with van der Waals surface area (Å²) >= 11 is 12.3. The fraction of sp³-hybridized carbons (Fsp3) is 0.294. The molecule has 1 aliphatic rings. The summed E-state index contributed by atoms with van der Waals surface area (Å²) in [5, 5.41) is 1.30. The third-order valence-electron chi connectivity index (χ3n) is 3.92. The van der Waals surface area contributed by atoms with Crippen LogP contribution in [0.25, 0.3) is 0 Å². The van der Waals surface area contributed by atoms with Gasteiger partial charge in [-0.25, -0.2) is 0 Å². The van der Waals surface area contributed by atoms with E-state index in [4.69, 9.17) is 33.7 Å². The second-order valence-electron chi connectivity index (χ2n) is 5.32. The SMILES string of the molecule is NC(CC1OCCc2ccccc21)c1cc(Cl)ccc1Cl. The molecule has 1 aliphatic heterocycles. The Labute approximate surface area is 134 Å². The molecule has 0 saturated carbocycles. The van der Waals surface area contributed by atoms with Crippen LogP contribution in [-0.2, 0) is 11.2 Å². The maximum Gasteiger partial charge on any atom is 0.0845 e. The van der Waals surface area contributed by atoms with Crippen molar-refractivity contribution in [2.45, 2.75) is 25.0 Å². The van der Waals surface area contributed by atoms with Crippen LogP contribution in [0.15, 0.2) is 42.5 Å². The molecule has 21 heavy (non-hydrogen) atoms. The van der Waals surface area contributed by atoms with E-state index in [9.17, 15) is 0 Å². The Bertz CT molecular complexity index is 644. The van der Waals surface area contributed by atoms with Crippen LogP contribution in [0.4, 0.5) is 0 Å². The Morgan fingerprint density at radius 2 is 2.00 bits per heavy atom. The molecule has 4 heteroatoms. The van der Waals surface area contributed by atoms with Gasteiger partial charge in [-0.3, -0.25) is 0 Å². The Kier molecular flexibility index (Phi) is 4.51. The number of nitrogens with two attached hydrogens (primary N) is 1. The number of halogens is 2. The van der Waals surface area contributed by atoms with E-state index in [0.717, 1.165) is 18.6 Å². The lowest BCUT2D eigenvalue weighted by molar-refractivity contribution is 0.0320. The van der Waals surface area contributed by atoms with Crippen molar-refractivity contribution in [1.82, 2.24) is 0 Å². The molecule has 0 fully saturated rings. The molecule has 2 nitrogen and oxygen atoms in total. The van der Waals surface area contributed by atoms with E-state index in [1.54, 1.807) is 12.1 Å². The molecule has 0 spiro atoms. The van der Waals surface area contributed by atoms with Crippen LogP contribution < -0.4 is 5.73 Å². The van der Waals surface area contributed by atoms with Crippen molar-refractivity contribution in [2.24, 2.45) is 5.73 Å². The first-order valence-electron chi connectivity index (χ1n) is 7.05. The minimum absolute atomic E-state index is 0.0139. The number of fused-ring (bicyclic) bond motifs is 1. The van der Waals surface area contributed by atoms with Crippen LogP contribution >= 0.6 is 23.2 Å². The topological polar surface area (TPSA) is 35.2 Å². The quantitative estimate of drug-likeness (QED) is 0.889. The van der Waals surface area contributed by atoms with Crippen molar-refractivity contribution < 1.29 is 4.74 Å². The summed E-state index contributed by atoms with van der Waals surface area (Å²) in [6.45, 7) is 0.734. The van der Waals surface area contributed by atoms with E-state index in [-0.39, 0.29) is 12.1 Å². The molecule has 2 N–H and O–H groups in total. The fourth-order valence-electron chi connectivity index (χ4n) is 2.83. The summed E-state index contributed by atoms with van der Waals surface area (Å²) in [6, 6.07) is 13.6. The fourth-order valence-corrected chi connectivity index (χ4v) is 3.27. The van der Waals surface area contributed by atoms with E-state index < -0.39 is 0 Å². The van der Waals surface area contributed by atoms with E-state index in [1.165, 1.54) is 11.1 Å². The zero-order chi connectivity index (χ0) is 14.8. The summed E-state index contributed by atoms with van der Waals surface area (Å²) in [5.74, 6) is 0. The lowest BCUT2D eigenvalue weighted by atomic mass is 9.92. The Balaban J connectivity index is 1.82. The zero-order valence-electron chi connectivity index (χ0n) is 11.6. The Morgan fingerprint density at radius 1 is 1.19 bits per heavy atom. The van der Waals surface area contributed by atoms with Crippen LogP contribution in [0.1, 0.15) is 35.3 Å². The van der Waals surface area contributed by atoms with Crippen LogP contribution in [0.3, 0.4) is 0 Å². The summed E-state index contributed by atoms with van der Waals surface area (Å²) in [7, 11) is 0. The van der Waals surface area contributed by atoms with Gasteiger partial charge in [0.25, 0.3) is 0 Å². The predicted octanol–water partition coefficient (Wildman–Crippen LogP) is 4.70. The van der Waals surface area contributed by atoms with Crippen molar-refractivity contribution in [3.05, 3.63) is 69.2 Å². The molecule has 3 rings (SSSR count). The number of ether oxygens (including phenoxy) is 1. The van der Waals surface area contributed by atoms with Gasteiger partial charge in [-0.2, -0.15) is 0 Å². The zero-order valence-corrected chi connectivity index (χ0v) is 13.1. The van der Waals surface area contributed by atoms with E-state index >= 15 is 0 Å². The third-order valence-corrected chi connectivity index (χ3v) is 4.50. The highest BCUT2D eigenvalue weighted by Crippen LogP contribution is 2.35. The summed E-state index contributed by atoms with van der Waals surface area (Å²) < 4.78 is 5.91. The van der Waals surface area contributed by atoms with Crippen LogP contribution in [-0.4, -0.2) is 6.61 Å². The molecule has 0 amide bonds. The van der Waals surface area contributed by atoms with E-state index in [2.05, 4.69) is 18.2 Å². The molecule has 2 aromatic rings. The van der Waals surface area contributed by atoms with Gasteiger partial charge in [0.2, 0.25) is 0 Å². The van der Waals surface area contributed by atoms with E-state index in [1.807, 2.05) is 12.1 Å². The lowest BCUT2D eigenvalue weighted by Gasteiger charge is -2.28. The second kappa shape index (κ2) is 6.37. The van der Waals surface area contributed by atoms with Gasteiger partial charge in [0.05, 0.1) is 12.7 Å². The minimum atomic E-state index is -0.202. The maximum absolute atomic E-state index is 6.33. The molecule has 0 radical (unpaired) electrons. The van der Waals surface area contributed by atoms with Gasteiger partial charge in [0.15, 0.2) is 0 Å². The predicted molar refractivity (Wildman–Crippen MR) is 86.8 cm³/mol. The Morgan fingerprint density at radius 3 is 2.86 bits per heavy atom. The summed E-state index contributed by atoms with van der Waals surface area (Å²) in [4.78, 5) is 0. The minimum Gasteiger partial charge on any atom is -0.373 e. The summed E-state index contributed by atoms with van der Waals surface area (Å²) in [5.41, 5.74) is 9.78. The lowest BCUT2D eigenvalue weighted by Crippen LogP contribution is -2.21. The molecule has 2 atom stereocenters. The monoisotopic (exact) mass is 321 g/mol. The number of hydrogen-bond donors (Lipinski definition) is 1. The van der Waals surface area contributed by atoms with Gasteiger partial charge in [0, 0.05) is 16.1 Å². The molecule has 1 heterocycles. The average molecular weight is 322 g/mol. The average Bonchev–Trinajstić information content (AvgIpc) is 2.50. The standard InChI is InChI=1S/C17H17Cl2NO/c18-12-5-6-15(19)14(9-12)16(20)10-17-13-4-2-1-3-11(13)7-8-21-17/h1-6,9,16-17H,7-8,10,20H2. The maximum atomic E-state index is 6.33. The van der Waals surface area contributed by atoms with Gasteiger partial charge < -0.3 is 10.5 Å². The highest BCUT2D eigenvalue weighted by atomic mass is 35.5. The molecular formula is C17H17Cl2NO. The molecule has 0 aromatic heterocycles. The highest BCUT2D eigenvalue weighted by molar-refractivity contribution is 6.33. The normalized spacial score (nSPS) is 19.1. The molecule has 2 aromatic carbocycles. The number of rotatable bonds is 3. The van der Waals surface area contributed by atoms with Crippen molar-refractivity contribution in [3.8, 4) is 0 Å². The largest absolute Gasteiger partial charge is 0.373 e. The number of benzene rings is 2. The van der Waals surface area contributed by atoms with Crippen molar-refractivity contribution in [3.63, 3.8) is 0 Å². The molecular weight excluding hydrogens is 305 g/mol. The van der Waals surface area contributed by atoms with Crippen molar-refractivity contribution in [1.29, 1.82) is 0 Å². The molecule has 0 saturated heterocycles. The first-order valence-corrected chi connectivity index (χ1v) is 7.80. The van der Waals surface area contributed by atoms with Gasteiger partial charge in [-0.05, 0) is 47.7 Å². The second-order valence-corrected chi connectivity index (χ2v) is 6.16. The first-order chi connectivity index (χ1) is 10.1. The van der Waals surface area contributed by atoms with Crippen LogP contribution in [0, 0.1) is 0 Å². The van der Waals surface area contributed by atoms with Crippen molar-refractivity contribution >= 4 is 23.2 Å². The van der Waals surface area contributed by atoms with E-state index in [0.29, 0.717) is 16.5 Å². The highest BCUT2D eigenvalue weighted by Gasteiger charge is 2.24. The molecule has 0 aliphatic carbocycles. The van der Waals surface area contributed by atoms with Crippen LogP contribution in [0.5, 0.6) is 0 Å². The first kappa shape index (κ1) is 14.9. The molecule has 0 bridgehead atoms. The van der Waals surface area contributed by atoms with Gasteiger partial charge >= 0.3 is 0 Å². The molecule has 110 valence electrons. The van der Waals surface area contributed by atoms with Crippen molar-refractivity contribution in [2.75, 3.05) is 6.61 Å². The molecule has 2 unspecified atom stereocenters. The van der Waals surface area contributed by atoms with Gasteiger partial charge in [-0.1, -0.05) is 47.5 Å². The van der Waals surface area contributed by atoms with Gasteiger partial charge in [-0.15, -0.1) is 0 Å². The number of hydrogen-bond acceptors (Lipinski definition) is 2. The smallest absolute Gasteiger partial charge is 0.0845 e.